The zero-order valence-electron chi connectivity index (χ0n) is 10.4. The van der Waals surface area contributed by atoms with Crippen LogP contribution in [0.1, 0.15) is 32.1 Å². The fourth-order valence-corrected chi connectivity index (χ4v) is 3.68. The molecule has 96 valence electrons. The van der Waals surface area contributed by atoms with Crippen LogP contribution in [-0.4, -0.2) is 37.0 Å². The number of carbonyl (C=O) groups is 1. The summed E-state index contributed by atoms with van der Waals surface area (Å²) in [6.07, 6.45) is 5.94. The maximum Gasteiger partial charge on any atom is 0.221 e. The number of rotatable bonds is 3. The lowest BCUT2D eigenvalue weighted by molar-refractivity contribution is -0.120. The summed E-state index contributed by atoms with van der Waals surface area (Å²) in [6.45, 7) is 1.65. The van der Waals surface area contributed by atoms with E-state index in [0.717, 1.165) is 11.7 Å². The van der Waals surface area contributed by atoms with E-state index >= 15 is 0 Å². The van der Waals surface area contributed by atoms with Crippen molar-refractivity contribution in [2.45, 2.75) is 32.1 Å². The van der Waals surface area contributed by atoms with Crippen LogP contribution < -0.4 is 10.6 Å². The third-order valence-corrected chi connectivity index (χ3v) is 4.95. The summed E-state index contributed by atoms with van der Waals surface area (Å²) in [4.78, 5) is 15.7. The SMILES string of the molecule is CNC(=O)CCNC1=NCC2(CCCC2)CS1. The van der Waals surface area contributed by atoms with E-state index in [1.165, 1.54) is 31.4 Å². The van der Waals surface area contributed by atoms with Crippen LogP contribution in [0.15, 0.2) is 4.99 Å². The molecule has 0 saturated heterocycles. The van der Waals surface area contributed by atoms with Crippen LogP contribution in [0.4, 0.5) is 0 Å². The van der Waals surface area contributed by atoms with Crippen molar-refractivity contribution in [3.63, 3.8) is 0 Å². The molecule has 1 saturated carbocycles. The summed E-state index contributed by atoms with van der Waals surface area (Å²) >= 11 is 1.83. The number of hydrogen-bond acceptors (Lipinski definition) is 4. The molecular formula is C12H21N3OS. The van der Waals surface area contributed by atoms with Crippen LogP contribution in [-0.2, 0) is 4.79 Å². The topological polar surface area (TPSA) is 53.5 Å². The van der Waals surface area contributed by atoms with Gasteiger partial charge in [0, 0.05) is 32.3 Å². The van der Waals surface area contributed by atoms with E-state index < -0.39 is 0 Å². The number of aliphatic imine (C=N–C) groups is 1. The van der Waals surface area contributed by atoms with Gasteiger partial charge in [0.2, 0.25) is 5.91 Å². The van der Waals surface area contributed by atoms with E-state index in [1.807, 2.05) is 11.8 Å². The molecule has 1 amide bonds. The number of nitrogens with one attached hydrogen (secondary N) is 2. The van der Waals surface area contributed by atoms with Crippen LogP contribution in [0, 0.1) is 5.41 Å². The second-order valence-electron chi connectivity index (χ2n) is 4.97. The number of thioether (sulfide) groups is 1. The molecule has 0 bridgehead atoms. The summed E-state index contributed by atoms with van der Waals surface area (Å²) in [6, 6.07) is 0. The molecule has 0 aromatic rings. The number of amidine groups is 1. The summed E-state index contributed by atoms with van der Waals surface area (Å²) in [7, 11) is 1.67. The monoisotopic (exact) mass is 255 g/mol. The van der Waals surface area contributed by atoms with Crippen LogP contribution in [0.3, 0.4) is 0 Å². The fourth-order valence-electron chi connectivity index (χ4n) is 2.49. The average Bonchev–Trinajstić information content (AvgIpc) is 2.80. The van der Waals surface area contributed by atoms with Crippen molar-refractivity contribution in [3.05, 3.63) is 0 Å². The Morgan fingerprint density at radius 1 is 1.47 bits per heavy atom. The van der Waals surface area contributed by atoms with Gasteiger partial charge in [-0.1, -0.05) is 24.6 Å². The van der Waals surface area contributed by atoms with Gasteiger partial charge in [0.05, 0.1) is 0 Å². The molecule has 0 radical (unpaired) electrons. The van der Waals surface area contributed by atoms with Gasteiger partial charge in [0.25, 0.3) is 0 Å². The van der Waals surface area contributed by atoms with Crippen molar-refractivity contribution in [2.24, 2.45) is 10.4 Å². The summed E-state index contributed by atoms with van der Waals surface area (Å²) in [5.74, 6) is 1.27. The number of nitrogens with zero attached hydrogens (tertiary/aromatic N) is 1. The largest absolute Gasteiger partial charge is 0.364 e. The van der Waals surface area contributed by atoms with Crippen molar-refractivity contribution in [2.75, 3.05) is 25.9 Å². The Hall–Kier alpha value is -0.710. The van der Waals surface area contributed by atoms with Gasteiger partial charge < -0.3 is 10.6 Å². The van der Waals surface area contributed by atoms with Crippen LogP contribution in [0.25, 0.3) is 0 Å². The summed E-state index contributed by atoms with van der Waals surface area (Å²) < 4.78 is 0. The minimum Gasteiger partial charge on any atom is -0.364 e. The third-order valence-electron chi connectivity index (χ3n) is 3.64. The predicted molar refractivity (Wildman–Crippen MR) is 72.3 cm³/mol. The molecular weight excluding hydrogens is 234 g/mol. The second-order valence-corrected chi connectivity index (χ2v) is 5.93. The van der Waals surface area contributed by atoms with E-state index in [2.05, 4.69) is 15.6 Å². The van der Waals surface area contributed by atoms with Gasteiger partial charge in [-0.25, -0.2) is 0 Å². The first-order valence-electron chi connectivity index (χ1n) is 6.36. The van der Waals surface area contributed by atoms with Crippen LogP contribution in [0.5, 0.6) is 0 Å². The predicted octanol–water partition coefficient (Wildman–Crippen LogP) is 1.38. The average molecular weight is 255 g/mol. The number of amides is 1. The molecule has 2 aliphatic rings. The normalized spacial score (nSPS) is 22.3. The molecule has 2 N–H and O–H groups in total. The highest BCUT2D eigenvalue weighted by molar-refractivity contribution is 8.13. The Kier molecular flexibility index (Phi) is 4.31. The summed E-state index contributed by atoms with van der Waals surface area (Å²) in [5, 5.41) is 6.88. The molecule has 1 heterocycles. The molecule has 1 spiro atoms. The minimum atomic E-state index is 0.0752. The van der Waals surface area contributed by atoms with Crippen LogP contribution >= 0.6 is 11.8 Å². The van der Waals surface area contributed by atoms with E-state index in [9.17, 15) is 4.79 Å². The van der Waals surface area contributed by atoms with Gasteiger partial charge in [-0.15, -0.1) is 0 Å². The summed E-state index contributed by atoms with van der Waals surface area (Å²) in [5.41, 5.74) is 0.497. The Morgan fingerprint density at radius 2 is 2.24 bits per heavy atom. The van der Waals surface area contributed by atoms with Gasteiger partial charge in [-0.05, 0) is 18.3 Å². The van der Waals surface area contributed by atoms with Gasteiger partial charge in [0.15, 0.2) is 5.17 Å². The molecule has 2 rings (SSSR count). The molecule has 0 unspecified atom stereocenters. The zero-order valence-corrected chi connectivity index (χ0v) is 11.2. The lowest BCUT2D eigenvalue weighted by Crippen LogP contribution is -2.34. The van der Waals surface area contributed by atoms with Crippen molar-refractivity contribution in [3.8, 4) is 0 Å². The molecule has 1 fully saturated rings. The molecule has 5 heteroatoms. The Bertz CT molecular complexity index is 311. The first-order valence-corrected chi connectivity index (χ1v) is 7.34. The lowest BCUT2D eigenvalue weighted by Gasteiger charge is -2.31. The van der Waals surface area contributed by atoms with Gasteiger partial charge in [-0.3, -0.25) is 9.79 Å². The van der Waals surface area contributed by atoms with Crippen molar-refractivity contribution in [1.29, 1.82) is 0 Å². The minimum absolute atomic E-state index is 0.0752. The highest BCUT2D eigenvalue weighted by Crippen LogP contribution is 2.43. The van der Waals surface area contributed by atoms with Gasteiger partial charge in [-0.2, -0.15) is 0 Å². The standard InChI is InChI=1S/C12H21N3OS/c1-13-10(16)4-7-14-11-15-8-12(9-17-11)5-2-3-6-12/h2-9H2,1H3,(H,13,16)(H,14,15). The Labute approximate surface area is 107 Å². The smallest absolute Gasteiger partial charge is 0.221 e. The quantitative estimate of drug-likeness (QED) is 0.801. The van der Waals surface area contributed by atoms with Crippen LogP contribution in [0.2, 0.25) is 0 Å². The second kappa shape index (κ2) is 5.76. The third kappa shape index (κ3) is 3.37. The van der Waals surface area contributed by atoms with Gasteiger partial charge in [0.1, 0.15) is 0 Å². The first kappa shape index (κ1) is 12.7. The maximum atomic E-state index is 11.1. The molecule has 4 nitrogen and oxygen atoms in total. The molecule has 1 aliphatic heterocycles. The fraction of sp³-hybridized carbons (Fsp3) is 0.833. The van der Waals surface area contributed by atoms with E-state index in [-0.39, 0.29) is 5.91 Å². The highest BCUT2D eigenvalue weighted by Gasteiger charge is 2.36. The van der Waals surface area contributed by atoms with E-state index in [1.54, 1.807) is 7.05 Å². The number of carbonyl (C=O) groups excluding carboxylic acids is 1. The molecule has 0 aromatic heterocycles. The first-order chi connectivity index (χ1) is 8.24. The highest BCUT2D eigenvalue weighted by atomic mass is 32.2. The van der Waals surface area contributed by atoms with E-state index in [0.29, 0.717) is 18.4 Å². The van der Waals surface area contributed by atoms with E-state index in [4.69, 9.17) is 0 Å². The zero-order chi connectivity index (χ0) is 12.1. The van der Waals surface area contributed by atoms with Crippen molar-refractivity contribution >= 4 is 22.8 Å². The van der Waals surface area contributed by atoms with Gasteiger partial charge >= 0.3 is 0 Å². The van der Waals surface area contributed by atoms with Crippen molar-refractivity contribution in [1.82, 2.24) is 10.6 Å². The molecule has 0 atom stereocenters. The lowest BCUT2D eigenvalue weighted by atomic mass is 9.89. The molecule has 17 heavy (non-hydrogen) atoms. The maximum absolute atomic E-state index is 11.1. The van der Waals surface area contributed by atoms with Crippen molar-refractivity contribution < 1.29 is 4.79 Å². The molecule has 0 aromatic carbocycles. The Balaban J connectivity index is 1.73. The number of hydrogen-bond donors (Lipinski definition) is 2. The molecule has 1 aliphatic carbocycles. The Morgan fingerprint density at radius 3 is 2.82 bits per heavy atom.